The Morgan fingerprint density at radius 3 is 2.90 bits per heavy atom. The van der Waals surface area contributed by atoms with Gasteiger partial charge in [-0.15, -0.1) is 0 Å². The highest BCUT2D eigenvalue weighted by molar-refractivity contribution is 5.54. The SMILES string of the molecule is CCN1CCCC1CN(C)c1ccc(N)c(OC(C)C)n1. The number of likely N-dealkylation sites (N-methyl/N-ethyl adjacent to an activating group) is 2. The molecule has 2 rings (SSSR count). The molecule has 0 aliphatic carbocycles. The molecular weight excluding hydrogens is 264 g/mol. The molecule has 5 nitrogen and oxygen atoms in total. The average molecular weight is 292 g/mol. The van der Waals surface area contributed by atoms with Crippen molar-refractivity contribution in [1.29, 1.82) is 0 Å². The normalized spacial score (nSPS) is 19.2. The number of hydrogen-bond acceptors (Lipinski definition) is 5. The summed E-state index contributed by atoms with van der Waals surface area (Å²) in [4.78, 5) is 9.31. The Bertz CT molecular complexity index is 464. The van der Waals surface area contributed by atoms with E-state index in [0.29, 0.717) is 17.6 Å². The molecule has 5 heteroatoms. The number of hydrogen-bond donors (Lipinski definition) is 1. The first kappa shape index (κ1) is 15.9. The number of nitrogens with two attached hydrogens (primary N) is 1. The quantitative estimate of drug-likeness (QED) is 0.872. The summed E-state index contributed by atoms with van der Waals surface area (Å²) in [7, 11) is 2.09. The number of aromatic nitrogens is 1. The van der Waals surface area contributed by atoms with E-state index in [1.165, 1.54) is 19.4 Å². The Hall–Kier alpha value is -1.49. The van der Waals surface area contributed by atoms with E-state index in [1.54, 1.807) is 0 Å². The van der Waals surface area contributed by atoms with Crippen LogP contribution in [-0.2, 0) is 0 Å². The predicted octanol–water partition coefficient (Wildman–Crippen LogP) is 2.37. The fraction of sp³-hybridized carbons (Fsp3) is 0.688. The van der Waals surface area contributed by atoms with E-state index in [1.807, 2.05) is 26.0 Å². The van der Waals surface area contributed by atoms with Crippen molar-refractivity contribution in [3.05, 3.63) is 12.1 Å². The zero-order valence-electron chi connectivity index (χ0n) is 13.7. The Morgan fingerprint density at radius 2 is 2.24 bits per heavy atom. The number of likely N-dealkylation sites (tertiary alicyclic amines) is 1. The summed E-state index contributed by atoms with van der Waals surface area (Å²) >= 11 is 0. The van der Waals surface area contributed by atoms with Crippen LogP contribution in [0, 0.1) is 0 Å². The van der Waals surface area contributed by atoms with Crippen molar-refractivity contribution in [2.45, 2.75) is 45.8 Å². The van der Waals surface area contributed by atoms with E-state index < -0.39 is 0 Å². The molecule has 0 aromatic carbocycles. The molecule has 2 heterocycles. The first-order chi connectivity index (χ1) is 10.0. The second-order valence-corrected chi connectivity index (χ2v) is 6.04. The van der Waals surface area contributed by atoms with Gasteiger partial charge in [0, 0.05) is 19.6 Å². The highest BCUT2D eigenvalue weighted by Crippen LogP contribution is 2.25. The molecule has 1 atom stereocenters. The maximum Gasteiger partial charge on any atom is 0.239 e. The van der Waals surface area contributed by atoms with Crippen molar-refractivity contribution < 1.29 is 4.74 Å². The molecule has 1 aromatic rings. The highest BCUT2D eigenvalue weighted by Gasteiger charge is 2.24. The van der Waals surface area contributed by atoms with E-state index in [-0.39, 0.29) is 6.10 Å². The van der Waals surface area contributed by atoms with Gasteiger partial charge in [-0.25, -0.2) is 0 Å². The minimum Gasteiger partial charge on any atom is -0.473 e. The summed E-state index contributed by atoms with van der Waals surface area (Å²) in [6.45, 7) is 9.52. The van der Waals surface area contributed by atoms with Crippen molar-refractivity contribution in [2.24, 2.45) is 0 Å². The number of nitrogens with zero attached hydrogens (tertiary/aromatic N) is 3. The van der Waals surface area contributed by atoms with Gasteiger partial charge >= 0.3 is 0 Å². The minimum atomic E-state index is 0.0748. The maximum atomic E-state index is 5.93. The van der Waals surface area contributed by atoms with Gasteiger partial charge in [-0.1, -0.05) is 6.92 Å². The molecule has 1 saturated heterocycles. The van der Waals surface area contributed by atoms with Crippen molar-refractivity contribution in [1.82, 2.24) is 9.88 Å². The molecule has 1 aromatic heterocycles. The van der Waals surface area contributed by atoms with Crippen LogP contribution >= 0.6 is 0 Å². The monoisotopic (exact) mass is 292 g/mol. The molecule has 21 heavy (non-hydrogen) atoms. The number of anilines is 2. The third kappa shape index (κ3) is 4.00. The van der Waals surface area contributed by atoms with Crippen LogP contribution in [0.1, 0.15) is 33.6 Å². The number of rotatable bonds is 6. The number of pyridine rings is 1. The Morgan fingerprint density at radius 1 is 1.48 bits per heavy atom. The van der Waals surface area contributed by atoms with Crippen LogP contribution in [0.25, 0.3) is 0 Å². The summed E-state index contributed by atoms with van der Waals surface area (Å²) in [5, 5.41) is 0. The van der Waals surface area contributed by atoms with E-state index in [9.17, 15) is 0 Å². The lowest BCUT2D eigenvalue weighted by Crippen LogP contribution is -2.39. The van der Waals surface area contributed by atoms with Crippen molar-refractivity contribution in [3.63, 3.8) is 0 Å². The standard InChI is InChI=1S/C16H28N4O/c1-5-20-10-6-7-13(20)11-19(4)15-9-8-14(17)16(18-15)21-12(2)3/h8-9,12-13H,5-7,10-11,17H2,1-4H3. The lowest BCUT2D eigenvalue weighted by molar-refractivity contribution is 0.234. The molecule has 0 spiro atoms. The van der Waals surface area contributed by atoms with Gasteiger partial charge in [0.25, 0.3) is 0 Å². The van der Waals surface area contributed by atoms with E-state index >= 15 is 0 Å². The van der Waals surface area contributed by atoms with Crippen LogP contribution in [0.2, 0.25) is 0 Å². The van der Waals surface area contributed by atoms with Crippen LogP contribution < -0.4 is 15.4 Å². The third-order valence-corrected chi connectivity index (χ3v) is 4.00. The lowest BCUT2D eigenvalue weighted by Gasteiger charge is -2.28. The Kier molecular flexibility index (Phi) is 5.28. The molecule has 118 valence electrons. The third-order valence-electron chi connectivity index (χ3n) is 4.00. The zero-order valence-corrected chi connectivity index (χ0v) is 13.7. The van der Waals surface area contributed by atoms with Gasteiger partial charge in [0.15, 0.2) is 0 Å². The van der Waals surface area contributed by atoms with Gasteiger partial charge in [0.2, 0.25) is 5.88 Å². The van der Waals surface area contributed by atoms with Gasteiger partial charge in [0.05, 0.1) is 11.8 Å². The second kappa shape index (κ2) is 6.98. The first-order valence-corrected chi connectivity index (χ1v) is 7.89. The average Bonchev–Trinajstić information content (AvgIpc) is 2.87. The van der Waals surface area contributed by atoms with Crippen molar-refractivity contribution in [3.8, 4) is 5.88 Å². The van der Waals surface area contributed by atoms with Gasteiger partial charge < -0.3 is 15.4 Å². The Balaban J connectivity index is 2.06. The van der Waals surface area contributed by atoms with Gasteiger partial charge in [0.1, 0.15) is 5.82 Å². The molecular formula is C16H28N4O. The molecule has 0 radical (unpaired) electrons. The smallest absolute Gasteiger partial charge is 0.239 e. The van der Waals surface area contributed by atoms with Crippen molar-refractivity contribution >= 4 is 11.5 Å². The van der Waals surface area contributed by atoms with Crippen molar-refractivity contribution in [2.75, 3.05) is 37.3 Å². The molecule has 1 unspecified atom stereocenters. The molecule has 1 fully saturated rings. The van der Waals surface area contributed by atoms with E-state index in [2.05, 4.69) is 28.8 Å². The predicted molar refractivity (Wildman–Crippen MR) is 88.0 cm³/mol. The zero-order chi connectivity index (χ0) is 15.4. The fourth-order valence-corrected chi connectivity index (χ4v) is 2.90. The molecule has 0 bridgehead atoms. The maximum absolute atomic E-state index is 5.93. The van der Waals surface area contributed by atoms with Crippen LogP contribution in [0.4, 0.5) is 11.5 Å². The topological polar surface area (TPSA) is 54.6 Å². The highest BCUT2D eigenvalue weighted by atomic mass is 16.5. The minimum absolute atomic E-state index is 0.0748. The van der Waals surface area contributed by atoms with Gasteiger partial charge in [-0.05, 0) is 51.9 Å². The summed E-state index contributed by atoms with van der Waals surface area (Å²) in [6.07, 6.45) is 2.64. The first-order valence-electron chi connectivity index (χ1n) is 7.89. The van der Waals surface area contributed by atoms with Crippen LogP contribution in [0.5, 0.6) is 5.88 Å². The van der Waals surface area contributed by atoms with Crippen LogP contribution in [0.15, 0.2) is 12.1 Å². The van der Waals surface area contributed by atoms with Gasteiger partial charge in [-0.2, -0.15) is 4.98 Å². The van der Waals surface area contributed by atoms with Crippen LogP contribution in [-0.4, -0.2) is 48.7 Å². The molecule has 1 aliphatic rings. The Labute approximate surface area is 128 Å². The number of nitrogen functional groups attached to an aromatic ring is 1. The molecule has 0 amide bonds. The largest absolute Gasteiger partial charge is 0.473 e. The second-order valence-electron chi connectivity index (χ2n) is 6.04. The molecule has 2 N–H and O–H groups in total. The summed E-state index contributed by atoms with van der Waals surface area (Å²) in [6, 6.07) is 4.46. The van der Waals surface area contributed by atoms with Gasteiger partial charge in [-0.3, -0.25) is 4.90 Å². The van der Waals surface area contributed by atoms with E-state index in [0.717, 1.165) is 18.9 Å². The summed E-state index contributed by atoms with van der Waals surface area (Å²) < 4.78 is 5.67. The van der Waals surface area contributed by atoms with E-state index in [4.69, 9.17) is 10.5 Å². The molecule has 0 saturated carbocycles. The fourth-order valence-electron chi connectivity index (χ4n) is 2.90. The van der Waals surface area contributed by atoms with Crippen LogP contribution in [0.3, 0.4) is 0 Å². The summed E-state index contributed by atoms with van der Waals surface area (Å²) in [5.41, 5.74) is 6.53. The molecule has 1 aliphatic heterocycles. The summed E-state index contributed by atoms with van der Waals surface area (Å²) in [5.74, 6) is 1.45. The lowest BCUT2D eigenvalue weighted by atomic mass is 10.2. The number of ether oxygens (including phenoxy) is 1.